The second kappa shape index (κ2) is 3.59. The Kier molecular flexibility index (Phi) is 2.67. The van der Waals surface area contributed by atoms with E-state index in [1.54, 1.807) is 30.3 Å². The van der Waals surface area contributed by atoms with Gasteiger partial charge in [-0.15, -0.1) is 0 Å². The molecule has 0 fully saturated rings. The van der Waals surface area contributed by atoms with E-state index in [9.17, 15) is 9.59 Å². The molecule has 1 aromatic carbocycles. The second-order valence-electron chi connectivity index (χ2n) is 3.20. The van der Waals surface area contributed by atoms with Crippen LogP contribution in [0.4, 0.5) is 0 Å². The Morgan fingerprint density at radius 1 is 1.29 bits per heavy atom. The molecule has 0 radical (unpaired) electrons. The first-order chi connectivity index (χ1) is 6.46. The quantitative estimate of drug-likeness (QED) is 0.685. The molecule has 1 rings (SSSR count). The van der Waals surface area contributed by atoms with Crippen LogP contribution in [0.25, 0.3) is 0 Å². The lowest BCUT2D eigenvalue weighted by atomic mass is 9.89. The summed E-state index contributed by atoms with van der Waals surface area (Å²) in [4.78, 5) is 21.7. The molecule has 1 unspecified atom stereocenters. The van der Waals surface area contributed by atoms with E-state index in [0.717, 1.165) is 0 Å². The molecule has 4 heteroatoms. The number of benzene rings is 1. The lowest BCUT2D eigenvalue weighted by Gasteiger charge is -2.20. The van der Waals surface area contributed by atoms with Crippen molar-refractivity contribution in [1.29, 1.82) is 0 Å². The number of hydrogen-bond donors (Lipinski definition) is 2. The maximum Gasteiger partial charge on any atom is 0.374 e. The Morgan fingerprint density at radius 2 is 1.79 bits per heavy atom. The van der Waals surface area contributed by atoms with Crippen molar-refractivity contribution in [1.82, 2.24) is 0 Å². The lowest BCUT2D eigenvalue weighted by molar-refractivity contribution is -0.151. The maximum absolute atomic E-state index is 11.2. The molecule has 3 N–H and O–H groups in total. The number of carboxylic acids is 1. The smallest absolute Gasteiger partial charge is 0.374 e. The highest BCUT2D eigenvalue weighted by molar-refractivity contribution is 6.36. The molecule has 4 nitrogen and oxygen atoms in total. The number of carbonyl (C=O) groups excluding carboxylic acids is 1. The van der Waals surface area contributed by atoms with E-state index in [2.05, 4.69) is 0 Å². The van der Waals surface area contributed by atoms with Gasteiger partial charge >= 0.3 is 5.97 Å². The maximum atomic E-state index is 11.2. The van der Waals surface area contributed by atoms with Crippen molar-refractivity contribution in [3.63, 3.8) is 0 Å². The van der Waals surface area contributed by atoms with E-state index < -0.39 is 17.3 Å². The van der Waals surface area contributed by atoms with Crippen LogP contribution in [-0.2, 0) is 15.1 Å². The van der Waals surface area contributed by atoms with Crippen LogP contribution in [0.3, 0.4) is 0 Å². The van der Waals surface area contributed by atoms with Crippen LogP contribution < -0.4 is 5.73 Å². The zero-order chi connectivity index (χ0) is 10.8. The first kappa shape index (κ1) is 10.4. The van der Waals surface area contributed by atoms with Crippen LogP contribution >= 0.6 is 0 Å². The fourth-order valence-electron chi connectivity index (χ4n) is 1.14. The van der Waals surface area contributed by atoms with Gasteiger partial charge in [-0.3, -0.25) is 4.79 Å². The third-order valence-electron chi connectivity index (χ3n) is 2.04. The summed E-state index contributed by atoms with van der Waals surface area (Å²) in [6.45, 7) is 1.39. The summed E-state index contributed by atoms with van der Waals surface area (Å²) in [7, 11) is 0. The van der Waals surface area contributed by atoms with Crippen molar-refractivity contribution in [3.05, 3.63) is 35.9 Å². The lowest BCUT2D eigenvalue weighted by Crippen LogP contribution is -2.45. The Morgan fingerprint density at radius 3 is 2.21 bits per heavy atom. The molecule has 0 aromatic heterocycles. The molecule has 0 saturated carbocycles. The zero-order valence-electron chi connectivity index (χ0n) is 7.73. The van der Waals surface area contributed by atoms with Crippen LogP contribution in [0.2, 0.25) is 0 Å². The Bertz CT molecular complexity index is 357. The van der Waals surface area contributed by atoms with Gasteiger partial charge < -0.3 is 10.8 Å². The number of nitrogens with two attached hydrogens (primary N) is 1. The Labute approximate surface area is 81.3 Å². The summed E-state index contributed by atoms with van der Waals surface area (Å²) in [5, 5.41) is 8.55. The molecule has 1 atom stereocenters. The van der Waals surface area contributed by atoms with Crippen molar-refractivity contribution in [2.75, 3.05) is 0 Å². The third kappa shape index (κ3) is 1.80. The zero-order valence-corrected chi connectivity index (χ0v) is 7.73. The molecule has 74 valence electrons. The number of carboxylic acid groups (broad SMARTS) is 1. The van der Waals surface area contributed by atoms with Crippen LogP contribution in [0, 0.1) is 0 Å². The van der Waals surface area contributed by atoms with Gasteiger partial charge in [0, 0.05) is 0 Å². The molecular weight excluding hydrogens is 182 g/mol. The summed E-state index contributed by atoms with van der Waals surface area (Å²) >= 11 is 0. The average Bonchev–Trinajstić information content (AvgIpc) is 2.18. The van der Waals surface area contributed by atoms with E-state index >= 15 is 0 Å². The highest BCUT2D eigenvalue weighted by Gasteiger charge is 2.35. The first-order valence-corrected chi connectivity index (χ1v) is 4.08. The fraction of sp³-hybridized carbons (Fsp3) is 0.200. The molecule has 0 amide bonds. The normalized spacial score (nSPS) is 14.4. The summed E-state index contributed by atoms with van der Waals surface area (Å²) < 4.78 is 0. The van der Waals surface area contributed by atoms with Gasteiger partial charge in [0.2, 0.25) is 0 Å². The molecule has 0 saturated heterocycles. The van der Waals surface area contributed by atoms with Crippen LogP contribution in [0.15, 0.2) is 30.3 Å². The van der Waals surface area contributed by atoms with Crippen LogP contribution in [-0.4, -0.2) is 16.9 Å². The SMILES string of the molecule is CC(N)(C(=O)C(=O)O)c1ccccc1. The number of aliphatic carboxylic acids is 1. The van der Waals surface area contributed by atoms with Gasteiger partial charge in [-0.05, 0) is 12.5 Å². The van der Waals surface area contributed by atoms with E-state index in [-0.39, 0.29) is 0 Å². The van der Waals surface area contributed by atoms with E-state index in [1.807, 2.05) is 0 Å². The number of Topliss-reactive ketones (excluding diaryl/α,β-unsaturated/α-hetero) is 1. The van der Waals surface area contributed by atoms with Gasteiger partial charge in [0.25, 0.3) is 5.78 Å². The molecule has 0 aliphatic carbocycles. The number of hydrogen-bond acceptors (Lipinski definition) is 3. The van der Waals surface area contributed by atoms with Gasteiger partial charge in [0.1, 0.15) is 5.54 Å². The van der Waals surface area contributed by atoms with E-state index in [4.69, 9.17) is 10.8 Å². The molecule has 0 heterocycles. The van der Waals surface area contributed by atoms with Gasteiger partial charge in [0.15, 0.2) is 0 Å². The predicted molar refractivity (Wildman–Crippen MR) is 50.6 cm³/mol. The third-order valence-corrected chi connectivity index (χ3v) is 2.04. The van der Waals surface area contributed by atoms with Crippen molar-refractivity contribution < 1.29 is 14.7 Å². The monoisotopic (exact) mass is 193 g/mol. The minimum absolute atomic E-state index is 0.493. The number of rotatable bonds is 3. The molecule has 0 aliphatic heterocycles. The van der Waals surface area contributed by atoms with Crippen molar-refractivity contribution in [3.8, 4) is 0 Å². The minimum Gasteiger partial charge on any atom is -0.475 e. The summed E-state index contributed by atoms with van der Waals surface area (Å²) in [5.41, 5.74) is 4.68. The predicted octanol–water partition coefficient (Wildman–Crippen LogP) is 0.514. The van der Waals surface area contributed by atoms with Gasteiger partial charge in [0.05, 0.1) is 0 Å². The molecule has 14 heavy (non-hydrogen) atoms. The van der Waals surface area contributed by atoms with Gasteiger partial charge in [-0.25, -0.2) is 4.79 Å². The van der Waals surface area contributed by atoms with E-state index in [0.29, 0.717) is 5.56 Å². The summed E-state index contributed by atoms with van der Waals surface area (Å²) in [5.74, 6) is -2.53. The molecule has 1 aromatic rings. The van der Waals surface area contributed by atoms with Crippen LogP contribution in [0.5, 0.6) is 0 Å². The molecular formula is C10H11NO3. The topological polar surface area (TPSA) is 80.4 Å². The highest BCUT2D eigenvalue weighted by Crippen LogP contribution is 2.18. The molecule has 0 aliphatic rings. The molecule has 0 bridgehead atoms. The van der Waals surface area contributed by atoms with Crippen molar-refractivity contribution >= 4 is 11.8 Å². The largest absolute Gasteiger partial charge is 0.475 e. The van der Waals surface area contributed by atoms with Crippen molar-refractivity contribution in [2.45, 2.75) is 12.5 Å². The Hall–Kier alpha value is -1.68. The van der Waals surface area contributed by atoms with Gasteiger partial charge in [-0.1, -0.05) is 30.3 Å². The first-order valence-electron chi connectivity index (χ1n) is 4.08. The summed E-state index contributed by atoms with van der Waals surface area (Å²) in [6.07, 6.45) is 0. The highest BCUT2D eigenvalue weighted by atomic mass is 16.4. The Balaban J connectivity index is 3.08. The fourth-order valence-corrected chi connectivity index (χ4v) is 1.14. The summed E-state index contributed by atoms with van der Waals surface area (Å²) in [6, 6.07) is 8.43. The van der Waals surface area contributed by atoms with Crippen molar-refractivity contribution in [2.24, 2.45) is 5.73 Å². The minimum atomic E-state index is -1.51. The second-order valence-corrected chi connectivity index (χ2v) is 3.20. The molecule has 0 spiro atoms. The van der Waals surface area contributed by atoms with Gasteiger partial charge in [-0.2, -0.15) is 0 Å². The average molecular weight is 193 g/mol. The number of ketones is 1. The van der Waals surface area contributed by atoms with E-state index in [1.165, 1.54) is 6.92 Å². The van der Waals surface area contributed by atoms with Crippen LogP contribution in [0.1, 0.15) is 12.5 Å². The number of carbonyl (C=O) groups is 2. The standard InChI is InChI=1S/C10H11NO3/c1-10(11,8(12)9(13)14)7-5-3-2-4-6-7/h2-6H,11H2,1H3,(H,13,14).